The molecule has 0 saturated carbocycles. The molecule has 0 atom stereocenters. The van der Waals surface area contributed by atoms with E-state index in [-0.39, 0.29) is 35.2 Å². The van der Waals surface area contributed by atoms with Crippen LogP contribution in [0, 0.1) is 0 Å². The lowest BCUT2D eigenvalue weighted by Gasteiger charge is -2.17. The van der Waals surface area contributed by atoms with Gasteiger partial charge in [-0.25, -0.2) is 4.68 Å². The lowest BCUT2D eigenvalue weighted by molar-refractivity contribution is -0.115. The number of amides is 2. The molecule has 0 spiro atoms. The third-order valence-electron chi connectivity index (χ3n) is 5.60. The Labute approximate surface area is 187 Å². The average Bonchev–Trinajstić information content (AvgIpc) is 3.33. The standard InChI is InChI=1S/C23H30N6O3/c1-6-23(4,5)16-12-17(28-32-16)26-18(30)11-14-7-9-15(10-8-14)20-19(22(25)31)21(24)29(27-20)13(2)3/h7-10,12-13H,6,11,24H2,1-5H3,(H2,25,31)(H,26,28,30). The molecule has 170 valence electrons. The molecule has 32 heavy (non-hydrogen) atoms. The third kappa shape index (κ3) is 4.66. The van der Waals surface area contributed by atoms with E-state index >= 15 is 0 Å². The van der Waals surface area contributed by atoms with Gasteiger partial charge in [0, 0.05) is 23.1 Å². The number of primary amides is 1. The summed E-state index contributed by atoms with van der Waals surface area (Å²) in [6, 6.07) is 8.92. The molecule has 2 heterocycles. The quantitative estimate of drug-likeness (QED) is 0.490. The maximum atomic E-state index is 12.4. The maximum absolute atomic E-state index is 12.4. The van der Waals surface area contributed by atoms with Gasteiger partial charge < -0.3 is 21.3 Å². The number of carbonyl (C=O) groups excluding carboxylic acids is 2. The van der Waals surface area contributed by atoms with Crippen LogP contribution in [0.1, 0.15) is 68.8 Å². The Morgan fingerprint density at radius 1 is 1.22 bits per heavy atom. The summed E-state index contributed by atoms with van der Waals surface area (Å²) >= 11 is 0. The number of hydrogen-bond acceptors (Lipinski definition) is 6. The van der Waals surface area contributed by atoms with E-state index < -0.39 is 5.91 Å². The van der Waals surface area contributed by atoms with Crippen molar-refractivity contribution in [2.75, 3.05) is 11.1 Å². The van der Waals surface area contributed by atoms with Gasteiger partial charge in [-0.15, -0.1) is 0 Å². The normalized spacial score (nSPS) is 11.7. The summed E-state index contributed by atoms with van der Waals surface area (Å²) < 4.78 is 6.95. The minimum atomic E-state index is -0.633. The fraction of sp³-hybridized carbons (Fsp3) is 0.391. The molecule has 0 aliphatic rings. The first-order valence-corrected chi connectivity index (χ1v) is 10.6. The molecule has 0 saturated heterocycles. The fourth-order valence-electron chi connectivity index (χ4n) is 3.27. The van der Waals surface area contributed by atoms with Gasteiger partial charge in [-0.3, -0.25) is 9.59 Å². The number of aromatic nitrogens is 3. The Morgan fingerprint density at radius 2 is 1.88 bits per heavy atom. The fourth-order valence-corrected chi connectivity index (χ4v) is 3.27. The van der Waals surface area contributed by atoms with Crippen LogP contribution < -0.4 is 16.8 Å². The van der Waals surface area contributed by atoms with Crippen molar-refractivity contribution in [1.29, 1.82) is 0 Å². The predicted molar refractivity (Wildman–Crippen MR) is 123 cm³/mol. The summed E-state index contributed by atoms with van der Waals surface area (Å²) in [5.74, 6) is 0.516. The molecule has 3 rings (SSSR count). The van der Waals surface area contributed by atoms with Crippen molar-refractivity contribution in [1.82, 2.24) is 14.9 Å². The van der Waals surface area contributed by atoms with Crippen molar-refractivity contribution in [3.05, 3.63) is 47.2 Å². The average molecular weight is 439 g/mol. The smallest absolute Gasteiger partial charge is 0.254 e. The van der Waals surface area contributed by atoms with Crippen LogP contribution in [0.15, 0.2) is 34.9 Å². The molecular formula is C23H30N6O3. The Morgan fingerprint density at radius 3 is 2.44 bits per heavy atom. The Bertz CT molecular complexity index is 1130. The highest BCUT2D eigenvalue weighted by Crippen LogP contribution is 2.30. The maximum Gasteiger partial charge on any atom is 0.254 e. The van der Waals surface area contributed by atoms with Crippen molar-refractivity contribution in [2.24, 2.45) is 5.73 Å². The molecule has 1 aromatic carbocycles. The monoisotopic (exact) mass is 438 g/mol. The zero-order valence-electron chi connectivity index (χ0n) is 19.1. The summed E-state index contributed by atoms with van der Waals surface area (Å²) in [6.45, 7) is 10.0. The van der Waals surface area contributed by atoms with Gasteiger partial charge in [-0.2, -0.15) is 5.10 Å². The number of benzene rings is 1. The number of nitrogen functional groups attached to an aromatic ring is 1. The predicted octanol–water partition coefficient (Wildman–Crippen LogP) is 3.67. The van der Waals surface area contributed by atoms with Gasteiger partial charge in [0.15, 0.2) is 5.82 Å². The summed E-state index contributed by atoms with van der Waals surface area (Å²) in [5.41, 5.74) is 13.6. The van der Waals surface area contributed by atoms with Crippen LogP contribution in [-0.2, 0) is 16.6 Å². The molecule has 0 fully saturated rings. The minimum absolute atomic E-state index is 0.0234. The second-order valence-electron chi connectivity index (χ2n) is 8.75. The highest BCUT2D eigenvalue weighted by atomic mass is 16.5. The molecule has 0 aliphatic carbocycles. The Kier molecular flexibility index (Phi) is 6.38. The minimum Gasteiger partial charge on any atom is -0.383 e. The van der Waals surface area contributed by atoms with Crippen molar-refractivity contribution < 1.29 is 14.1 Å². The van der Waals surface area contributed by atoms with Gasteiger partial charge in [0.2, 0.25) is 5.91 Å². The molecule has 0 bridgehead atoms. The molecule has 0 unspecified atom stereocenters. The first kappa shape index (κ1) is 23.1. The summed E-state index contributed by atoms with van der Waals surface area (Å²) in [7, 11) is 0. The van der Waals surface area contributed by atoms with Crippen LogP contribution in [0.3, 0.4) is 0 Å². The third-order valence-corrected chi connectivity index (χ3v) is 5.60. The van der Waals surface area contributed by atoms with E-state index in [1.54, 1.807) is 35.0 Å². The largest absolute Gasteiger partial charge is 0.383 e. The van der Waals surface area contributed by atoms with Crippen LogP contribution in [-0.4, -0.2) is 26.8 Å². The molecule has 2 amide bonds. The summed E-state index contributed by atoms with van der Waals surface area (Å²) in [5, 5.41) is 11.2. The second-order valence-corrected chi connectivity index (χ2v) is 8.75. The van der Waals surface area contributed by atoms with Crippen molar-refractivity contribution in [2.45, 2.75) is 58.9 Å². The van der Waals surface area contributed by atoms with Gasteiger partial charge in [-0.05, 0) is 25.8 Å². The highest BCUT2D eigenvalue weighted by molar-refractivity contribution is 6.03. The van der Waals surface area contributed by atoms with E-state index in [9.17, 15) is 9.59 Å². The first-order valence-electron chi connectivity index (χ1n) is 10.6. The van der Waals surface area contributed by atoms with E-state index in [0.29, 0.717) is 17.1 Å². The van der Waals surface area contributed by atoms with E-state index in [2.05, 4.69) is 36.3 Å². The zero-order chi connectivity index (χ0) is 23.6. The molecule has 0 aliphatic heterocycles. The summed E-state index contributed by atoms with van der Waals surface area (Å²) in [4.78, 5) is 24.4. The SMILES string of the molecule is CCC(C)(C)c1cc(NC(=O)Cc2ccc(-c3nn(C(C)C)c(N)c3C(N)=O)cc2)no1. The van der Waals surface area contributed by atoms with Gasteiger partial charge in [0.05, 0.1) is 6.42 Å². The van der Waals surface area contributed by atoms with E-state index in [0.717, 1.165) is 17.7 Å². The number of nitrogens with zero attached hydrogens (tertiary/aromatic N) is 3. The molecule has 9 nitrogen and oxygen atoms in total. The number of rotatable bonds is 8. The van der Waals surface area contributed by atoms with Gasteiger partial charge >= 0.3 is 0 Å². The summed E-state index contributed by atoms with van der Waals surface area (Å²) in [6.07, 6.45) is 1.05. The van der Waals surface area contributed by atoms with Crippen molar-refractivity contribution in [3.63, 3.8) is 0 Å². The number of anilines is 2. The molecule has 9 heteroatoms. The van der Waals surface area contributed by atoms with Gasteiger partial charge in [-0.1, -0.05) is 50.2 Å². The van der Waals surface area contributed by atoms with Crippen LogP contribution in [0.2, 0.25) is 0 Å². The van der Waals surface area contributed by atoms with E-state index in [4.69, 9.17) is 16.0 Å². The molecule has 5 N–H and O–H groups in total. The van der Waals surface area contributed by atoms with Crippen molar-refractivity contribution >= 4 is 23.5 Å². The van der Waals surface area contributed by atoms with Crippen LogP contribution >= 0.6 is 0 Å². The lowest BCUT2D eigenvalue weighted by atomic mass is 9.87. The van der Waals surface area contributed by atoms with Crippen LogP contribution in [0.25, 0.3) is 11.3 Å². The number of nitrogens with one attached hydrogen (secondary N) is 1. The Hall–Kier alpha value is -3.62. The molecule has 0 radical (unpaired) electrons. The van der Waals surface area contributed by atoms with Crippen LogP contribution in [0.5, 0.6) is 0 Å². The lowest BCUT2D eigenvalue weighted by Crippen LogP contribution is -2.15. The highest BCUT2D eigenvalue weighted by Gasteiger charge is 2.24. The van der Waals surface area contributed by atoms with Gasteiger partial charge in [0.1, 0.15) is 22.8 Å². The molecule has 2 aromatic heterocycles. The Balaban J connectivity index is 1.74. The number of carbonyl (C=O) groups is 2. The van der Waals surface area contributed by atoms with Gasteiger partial charge in [0.25, 0.3) is 5.91 Å². The zero-order valence-corrected chi connectivity index (χ0v) is 19.1. The number of hydrogen-bond donors (Lipinski definition) is 3. The van der Waals surface area contributed by atoms with E-state index in [1.165, 1.54) is 0 Å². The van der Waals surface area contributed by atoms with E-state index in [1.807, 2.05) is 13.8 Å². The van der Waals surface area contributed by atoms with Crippen molar-refractivity contribution in [3.8, 4) is 11.3 Å². The van der Waals surface area contributed by atoms with Crippen LogP contribution in [0.4, 0.5) is 11.6 Å². The molecule has 3 aromatic rings. The second kappa shape index (κ2) is 8.86. The topological polar surface area (TPSA) is 142 Å². The molecular weight excluding hydrogens is 408 g/mol. The number of nitrogens with two attached hydrogens (primary N) is 2. The first-order chi connectivity index (χ1) is 15.0.